The van der Waals surface area contributed by atoms with Crippen molar-refractivity contribution in [3.05, 3.63) is 35.9 Å². The number of ether oxygens (including phenoxy) is 4. The van der Waals surface area contributed by atoms with Crippen LogP contribution in [0.1, 0.15) is 39.7 Å². The van der Waals surface area contributed by atoms with E-state index in [0.717, 1.165) is 12.0 Å². The lowest BCUT2D eigenvalue weighted by molar-refractivity contribution is -0.407. The van der Waals surface area contributed by atoms with Crippen molar-refractivity contribution in [1.29, 1.82) is 0 Å². The zero-order chi connectivity index (χ0) is 19.4. The molecule has 0 radical (unpaired) electrons. The molecule has 0 spiro atoms. The molecule has 1 heterocycles. The molecule has 4 atom stereocenters. The lowest BCUT2D eigenvalue weighted by Gasteiger charge is -2.49. The highest BCUT2D eigenvalue weighted by Gasteiger charge is 2.58. The zero-order valence-corrected chi connectivity index (χ0v) is 16.6. The second kappa shape index (κ2) is 8.48. The van der Waals surface area contributed by atoms with Crippen LogP contribution in [0.25, 0.3) is 0 Å². The Labute approximate surface area is 156 Å². The molecular weight excluding hydrogens is 334 g/mol. The lowest BCUT2D eigenvalue weighted by Crippen LogP contribution is -2.67. The van der Waals surface area contributed by atoms with E-state index in [2.05, 4.69) is 19.2 Å². The van der Waals surface area contributed by atoms with Crippen LogP contribution in [0.3, 0.4) is 0 Å². The van der Waals surface area contributed by atoms with Gasteiger partial charge in [-0.2, -0.15) is 0 Å². The first-order valence-electron chi connectivity index (χ1n) is 9.03. The molecular formula is C20H31NO5. The molecule has 1 fully saturated rings. The van der Waals surface area contributed by atoms with Crippen LogP contribution in [0.4, 0.5) is 0 Å². The van der Waals surface area contributed by atoms with Crippen LogP contribution >= 0.6 is 0 Å². The van der Waals surface area contributed by atoms with Gasteiger partial charge in [0.1, 0.15) is 0 Å². The van der Waals surface area contributed by atoms with Crippen molar-refractivity contribution >= 4 is 5.97 Å². The van der Waals surface area contributed by atoms with Gasteiger partial charge in [-0.15, -0.1) is 0 Å². The van der Waals surface area contributed by atoms with Crippen molar-refractivity contribution in [2.24, 2.45) is 5.92 Å². The first-order valence-corrected chi connectivity index (χ1v) is 9.03. The highest BCUT2D eigenvalue weighted by Crippen LogP contribution is 2.38. The number of hydrogen-bond acceptors (Lipinski definition) is 6. The second-order valence-electron chi connectivity index (χ2n) is 7.36. The first kappa shape index (κ1) is 20.8. The summed E-state index contributed by atoms with van der Waals surface area (Å²) in [5.74, 6) is -2.58. The Morgan fingerprint density at radius 1 is 1.12 bits per heavy atom. The van der Waals surface area contributed by atoms with Crippen molar-refractivity contribution in [3.8, 4) is 0 Å². The van der Waals surface area contributed by atoms with Gasteiger partial charge in [-0.05, 0) is 24.8 Å². The van der Waals surface area contributed by atoms with Crippen LogP contribution in [0.5, 0.6) is 0 Å². The monoisotopic (exact) mass is 365 g/mol. The summed E-state index contributed by atoms with van der Waals surface area (Å²) in [7, 11) is 2.98. The third-order valence-electron chi connectivity index (χ3n) is 4.99. The third-order valence-corrected chi connectivity index (χ3v) is 4.99. The Balaban J connectivity index is 2.19. The minimum atomic E-state index is -1.31. The number of esters is 1. The molecule has 26 heavy (non-hydrogen) atoms. The van der Waals surface area contributed by atoms with Gasteiger partial charge < -0.3 is 24.3 Å². The summed E-state index contributed by atoms with van der Waals surface area (Å²) < 4.78 is 22.6. The van der Waals surface area contributed by atoms with E-state index in [0.29, 0.717) is 12.5 Å². The molecule has 1 aromatic rings. The van der Waals surface area contributed by atoms with Gasteiger partial charge >= 0.3 is 5.97 Å². The summed E-state index contributed by atoms with van der Waals surface area (Å²) in [4.78, 5) is 12.7. The fraction of sp³-hybridized carbons (Fsp3) is 0.650. The summed E-state index contributed by atoms with van der Waals surface area (Å²) in [6.07, 6.45) is -0.0231. The first-order chi connectivity index (χ1) is 12.2. The minimum Gasteiger partial charge on any atom is -0.425 e. The molecule has 6 nitrogen and oxygen atoms in total. The molecule has 146 valence electrons. The van der Waals surface area contributed by atoms with Gasteiger partial charge in [0.05, 0.1) is 0 Å². The predicted octanol–water partition coefficient (Wildman–Crippen LogP) is 2.86. The topological polar surface area (TPSA) is 66.0 Å². The minimum absolute atomic E-state index is 0.210. The summed E-state index contributed by atoms with van der Waals surface area (Å²) in [5, 5.41) is 3.45. The Bertz CT molecular complexity index is 593. The predicted molar refractivity (Wildman–Crippen MR) is 98.3 cm³/mol. The maximum Gasteiger partial charge on any atom is 0.339 e. The molecule has 0 aromatic heterocycles. The average molecular weight is 365 g/mol. The molecule has 1 unspecified atom stereocenters. The number of methoxy groups -OCH3 is 2. The van der Waals surface area contributed by atoms with E-state index in [-0.39, 0.29) is 6.04 Å². The van der Waals surface area contributed by atoms with Gasteiger partial charge in [0, 0.05) is 33.7 Å². The van der Waals surface area contributed by atoms with Crippen LogP contribution in [-0.2, 0) is 30.3 Å². The van der Waals surface area contributed by atoms with Crippen LogP contribution in [-0.4, -0.2) is 43.9 Å². The van der Waals surface area contributed by atoms with Gasteiger partial charge in [0.15, 0.2) is 6.10 Å². The highest BCUT2D eigenvalue weighted by atomic mass is 16.8. The van der Waals surface area contributed by atoms with Crippen molar-refractivity contribution in [3.63, 3.8) is 0 Å². The Morgan fingerprint density at radius 3 is 2.27 bits per heavy atom. The smallest absolute Gasteiger partial charge is 0.339 e. The zero-order valence-electron chi connectivity index (χ0n) is 16.6. The van der Waals surface area contributed by atoms with Crippen molar-refractivity contribution in [1.82, 2.24) is 5.32 Å². The molecule has 1 N–H and O–H groups in total. The van der Waals surface area contributed by atoms with Gasteiger partial charge in [-0.25, -0.2) is 4.79 Å². The average Bonchev–Trinajstić information content (AvgIpc) is 2.62. The standard InChI is InChI=1S/C20H31NO5/c1-14(2)12-16(21-13-15-10-8-7-9-11-15)17-18(22)26-20(4,24-6)19(3,23-5)25-17/h7-11,14,16-17,21H,12-13H2,1-6H3/t16?,17-,19+,20+/m1/s1. The van der Waals surface area contributed by atoms with Gasteiger partial charge in [0.25, 0.3) is 5.79 Å². The molecule has 1 saturated heterocycles. The molecule has 6 heteroatoms. The number of cyclic esters (lactones) is 1. The lowest BCUT2D eigenvalue weighted by atomic mass is 9.96. The van der Waals surface area contributed by atoms with Crippen molar-refractivity contribution in [2.75, 3.05) is 14.2 Å². The van der Waals surface area contributed by atoms with E-state index >= 15 is 0 Å². The number of hydrogen-bond donors (Lipinski definition) is 1. The number of carbonyl (C=O) groups is 1. The van der Waals surface area contributed by atoms with Gasteiger partial charge in [0.2, 0.25) is 5.79 Å². The summed E-state index contributed by atoms with van der Waals surface area (Å²) in [5.41, 5.74) is 1.14. The van der Waals surface area contributed by atoms with Crippen molar-refractivity contribution < 1.29 is 23.7 Å². The van der Waals surface area contributed by atoms with Gasteiger partial charge in [-0.3, -0.25) is 0 Å². The van der Waals surface area contributed by atoms with Gasteiger partial charge in [-0.1, -0.05) is 44.2 Å². The fourth-order valence-electron chi connectivity index (χ4n) is 3.11. The highest BCUT2D eigenvalue weighted by molar-refractivity contribution is 5.77. The van der Waals surface area contributed by atoms with Crippen LogP contribution in [0, 0.1) is 5.92 Å². The summed E-state index contributed by atoms with van der Waals surface area (Å²) in [6.45, 7) is 8.22. The summed E-state index contributed by atoms with van der Waals surface area (Å²) in [6, 6.07) is 9.84. The molecule has 0 saturated carbocycles. The Morgan fingerprint density at radius 2 is 1.73 bits per heavy atom. The molecule has 0 amide bonds. The molecule has 1 aliphatic heterocycles. The van der Waals surface area contributed by atoms with Crippen molar-refractivity contribution in [2.45, 2.75) is 64.4 Å². The fourth-order valence-corrected chi connectivity index (χ4v) is 3.11. The van der Waals surface area contributed by atoms with E-state index in [4.69, 9.17) is 18.9 Å². The molecule has 0 bridgehead atoms. The molecule has 2 rings (SSSR count). The maximum absolute atomic E-state index is 12.7. The number of nitrogens with one attached hydrogen (secondary N) is 1. The molecule has 1 aliphatic rings. The normalized spacial score (nSPS) is 30.3. The number of rotatable bonds is 8. The van der Waals surface area contributed by atoms with E-state index in [1.807, 2.05) is 30.3 Å². The summed E-state index contributed by atoms with van der Waals surface area (Å²) >= 11 is 0. The van der Waals surface area contributed by atoms with E-state index < -0.39 is 23.6 Å². The Hall–Kier alpha value is -1.47. The van der Waals surface area contributed by atoms with Crippen LogP contribution in [0.15, 0.2) is 30.3 Å². The molecule has 0 aliphatic carbocycles. The second-order valence-corrected chi connectivity index (χ2v) is 7.36. The van der Waals surface area contributed by atoms with Crippen LogP contribution in [0.2, 0.25) is 0 Å². The largest absolute Gasteiger partial charge is 0.425 e. The third kappa shape index (κ3) is 4.43. The van der Waals surface area contributed by atoms with Crippen LogP contribution < -0.4 is 5.32 Å². The number of benzene rings is 1. The van der Waals surface area contributed by atoms with E-state index in [9.17, 15) is 4.79 Å². The van der Waals surface area contributed by atoms with E-state index in [1.165, 1.54) is 14.2 Å². The SMILES string of the molecule is CO[C@@]1(C)OC(=O)[C@@H](C(CC(C)C)NCc2ccccc2)O[C@]1(C)OC. The van der Waals surface area contributed by atoms with E-state index in [1.54, 1.807) is 13.8 Å². The quantitative estimate of drug-likeness (QED) is 0.715. The Kier molecular flexibility index (Phi) is 6.80. The number of carbonyl (C=O) groups excluding carboxylic acids is 1. The maximum atomic E-state index is 12.7. The molecule has 1 aromatic carbocycles.